The van der Waals surface area contributed by atoms with Crippen molar-refractivity contribution in [2.75, 3.05) is 4.90 Å². The molecule has 0 aliphatic heterocycles. The lowest BCUT2D eigenvalue weighted by atomic mass is 9.78. The zero-order chi connectivity index (χ0) is 37.6. The van der Waals surface area contributed by atoms with Gasteiger partial charge in [0, 0.05) is 33.3 Å². The Kier molecular flexibility index (Phi) is 6.67. The highest BCUT2D eigenvalue weighted by molar-refractivity contribution is 6.04. The summed E-state index contributed by atoms with van der Waals surface area (Å²) < 4.78 is 0. The van der Waals surface area contributed by atoms with Crippen LogP contribution in [0.2, 0.25) is 0 Å². The molecular formula is C53H49N. The first kappa shape index (κ1) is 33.2. The van der Waals surface area contributed by atoms with Gasteiger partial charge >= 0.3 is 0 Å². The van der Waals surface area contributed by atoms with Gasteiger partial charge in [0.2, 0.25) is 0 Å². The molecule has 0 aromatic heterocycles. The lowest BCUT2D eigenvalue weighted by molar-refractivity contribution is 0.649. The van der Waals surface area contributed by atoms with Gasteiger partial charge in [-0.1, -0.05) is 119 Å². The fraction of sp³-hybridized carbons (Fsp3) is 0.245. The first-order chi connectivity index (χ1) is 25.7. The Bertz CT molecular complexity index is 2740. The van der Waals surface area contributed by atoms with Crippen LogP contribution < -0.4 is 4.90 Å². The summed E-state index contributed by atoms with van der Waals surface area (Å²) in [7, 11) is 0. The van der Waals surface area contributed by atoms with Crippen LogP contribution in [0.25, 0.3) is 44.2 Å². The van der Waals surface area contributed by atoms with Crippen LogP contribution in [0.1, 0.15) is 97.2 Å². The highest BCUT2D eigenvalue weighted by Crippen LogP contribution is 2.60. The minimum absolute atomic E-state index is 0.0727. The molecule has 0 bridgehead atoms. The summed E-state index contributed by atoms with van der Waals surface area (Å²) in [6.07, 6.45) is 0. The van der Waals surface area contributed by atoms with Gasteiger partial charge in [0.05, 0.1) is 0 Å². The van der Waals surface area contributed by atoms with Crippen molar-refractivity contribution < 1.29 is 0 Å². The maximum atomic E-state index is 2.57. The third-order valence-corrected chi connectivity index (χ3v) is 13.6. The van der Waals surface area contributed by atoms with Crippen molar-refractivity contribution in [1.82, 2.24) is 0 Å². The van der Waals surface area contributed by atoms with Gasteiger partial charge < -0.3 is 4.90 Å². The van der Waals surface area contributed by atoms with E-state index in [-0.39, 0.29) is 16.2 Å². The van der Waals surface area contributed by atoms with Crippen LogP contribution in [-0.4, -0.2) is 0 Å². The van der Waals surface area contributed by atoms with Crippen LogP contribution in [-0.2, 0) is 16.2 Å². The van der Waals surface area contributed by atoms with Crippen molar-refractivity contribution in [3.05, 3.63) is 171 Å². The van der Waals surface area contributed by atoms with Gasteiger partial charge in [-0.2, -0.15) is 0 Å². The molecule has 266 valence electrons. The maximum absolute atomic E-state index is 2.57. The van der Waals surface area contributed by atoms with Crippen molar-refractivity contribution in [1.29, 1.82) is 0 Å². The minimum atomic E-state index is -0.163. The molecule has 0 heterocycles. The average Bonchev–Trinajstić information content (AvgIpc) is 3.60. The molecule has 1 nitrogen and oxygen atoms in total. The molecule has 7 aromatic carbocycles. The molecule has 0 unspecified atom stereocenters. The summed E-state index contributed by atoms with van der Waals surface area (Å²) in [5.41, 5.74) is 25.4. The van der Waals surface area contributed by atoms with Gasteiger partial charge in [-0.15, -0.1) is 0 Å². The number of fused-ring (bicyclic) bond motifs is 11. The minimum Gasteiger partial charge on any atom is -0.310 e. The quantitative estimate of drug-likeness (QED) is 0.177. The van der Waals surface area contributed by atoms with Crippen LogP contribution in [0, 0.1) is 27.7 Å². The van der Waals surface area contributed by atoms with Crippen molar-refractivity contribution in [3.8, 4) is 33.4 Å². The number of benzene rings is 7. The molecule has 0 saturated heterocycles. The second-order valence-corrected chi connectivity index (χ2v) is 18.1. The Morgan fingerprint density at radius 2 is 0.870 bits per heavy atom. The molecule has 0 radical (unpaired) electrons. The molecule has 1 heteroatoms. The lowest BCUT2D eigenvalue weighted by Gasteiger charge is -2.30. The molecule has 0 spiro atoms. The predicted octanol–water partition coefficient (Wildman–Crippen LogP) is 14.5. The third kappa shape index (κ3) is 4.33. The molecular weight excluding hydrogens is 651 g/mol. The summed E-state index contributed by atoms with van der Waals surface area (Å²) >= 11 is 0. The number of anilines is 3. The van der Waals surface area contributed by atoms with Gasteiger partial charge in [-0.25, -0.2) is 0 Å². The highest BCUT2D eigenvalue weighted by atomic mass is 15.1. The van der Waals surface area contributed by atoms with Crippen LogP contribution in [0.15, 0.2) is 115 Å². The zero-order valence-electron chi connectivity index (χ0n) is 33.4. The lowest BCUT2D eigenvalue weighted by Crippen LogP contribution is -2.18. The highest BCUT2D eigenvalue weighted by Gasteiger charge is 2.45. The monoisotopic (exact) mass is 699 g/mol. The van der Waals surface area contributed by atoms with Gasteiger partial charge in [0.1, 0.15) is 0 Å². The predicted molar refractivity (Wildman–Crippen MR) is 230 cm³/mol. The summed E-state index contributed by atoms with van der Waals surface area (Å²) in [6, 6.07) is 44.8. The SMILES string of the molecule is Cc1ccc(N(c2ccc3c(c2)C(C)(C)c2cc4c(cc2-3)C(C)(C)c2cc3c(cc2-4)C(C)(C)c2ccc4ccccc4c2-3)c2ccc(C)cc2C)c(C)c1. The topological polar surface area (TPSA) is 3.24 Å². The second-order valence-electron chi connectivity index (χ2n) is 18.1. The number of hydrogen-bond donors (Lipinski definition) is 0. The first-order valence-corrected chi connectivity index (χ1v) is 19.7. The molecule has 0 N–H and O–H groups in total. The van der Waals surface area contributed by atoms with Crippen molar-refractivity contribution in [2.45, 2.75) is 85.5 Å². The van der Waals surface area contributed by atoms with Crippen LogP contribution >= 0.6 is 0 Å². The maximum Gasteiger partial charge on any atom is 0.0491 e. The Labute approximate surface area is 321 Å². The summed E-state index contributed by atoms with van der Waals surface area (Å²) in [4.78, 5) is 2.48. The summed E-state index contributed by atoms with van der Waals surface area (Å²) in [5, 5.41) is 2.68. The number of nitrogens with zero attached hydrogens (tertiary/aromatic N) is 1. The molecule has 3 aliphatic rings. The molecule has 10 rings (SSSR count). The van der Waals surface area contributed by atoms with E-state index in [2.05, 4.69) is 189 Å². The Hall–Kier alpha value is -5.40. The van der Waals surface area contributed by atoms with E-state index < -0.39 is 0 Å². The van der Waals surface area contributed by atoms with E-state index in [9.17, 15) is 0 Å². The first-order valence-electron chi connectivity index (χ1n) is 19.7. The van der Waals surface area contributed by atoms with E-state index in [1.54, 1.807) is 0 Å². The molecule has 7 aromatic rings. The smallest absolute Gasteiger partial charge is 0.0491 e. The second kappa shape index (κ2) is 10.9. The Morgan fingerprint density at radius 1 is 0.389 bits per heavy atom. The van der Waals surface area contributed by atoms with E-state index >= 15 is 0 Å². The van der Waals surface area contributed by atoms with Gasteiger partial charge in [0.15, 0.2) is 0 Å². The standard InChI is InChI=1S/C53H49N/c1-30-15-21-48(32(3)23-30)54(49-22-16-31(2)24-33(49)4)35-18-19-37-38-26-45-39(27-44(38)52(7,8)43(37)25-35)40-28-47-41(29-46(40)53(45,9)10)50-36-14-12-11-13-34(36)17-20-42(50)51(47,5)6/h11-29H,1-10H3. The molecule has 0 atom stereocenters. The van der Waals surface area contributed by atoms with E-state index in [4.69, 9.17) is 0 Å². The third-order valence-electron chi connectivity index (χ3n) is 13.6. The molecule has 0 amide bonds. The fourth-order valence-corrected chi connectivity index (χ4v) is 10.6. The largest absolute Gasteiger partial charge is 0.310 e. The zero-order valence-corrected chi connectivity index (χ0v) is 33.4. The van der Waals surface area contributed by atoms with E-state index in [0.29, 0.717) is 0 Å². The van der Waals surface area contributed by atoms with E-state index in [1.165, 1.54) is 117 Å². The van der Waals surface area contributed by atoms with E-state index in [1.807, 2.05) is 0 Å². The molecule has 3 aliphatic carbocycles. The number of hydrogen-bond acceptors (Lipinski definition) is 1. The molecule has 0 saturated carbocycles. The normalized spacial score (nSPS) is 16.0. The molecule has 54 heavy (non-hydrogen) atoms. The summed E-state index contributed by atoms with van der Waals surface area (Å²) in [6.45, 7) is 23.4. The Balaban J connectivity index is 1.13. The number of rotatable bonds is 3. The van der Waals surface area contributed by atoms with Crippen LogP contribution in [0.3, 0.4) is 0 Å². The average molecular weight is 700 g/mol. The van der Waals surface area contributed by atoms with Crippen molar-refractivity contribution in [2.24, 2.45) is 0 Å². The molecule has 0 fully saturated rings. The van der Waals surface area contributed by atoms with Crippen LogP contribution in [0.4, 0.5) is 17.1 Å². The van der Waals surface area contributed by atoms with Crippen LogP contribution in [0.5, 0.6) is 0 Å². The van der Waals surface area contributed by atoms with Crippen molar-refractivity contribution in [3.63, 3.8) is 0 Å². The Morgan fingerprint density at radius 3 is 1.44 bits per heavy atom. The fourth-order valence-electron chi connectivity index (χ4n) is 10.6. The van der Waals surface area contributed by atoms with Crippen molar-refractivity contribution >= 4 is 27.8 Å². The van der Waals surface area contributed by atoms with E-state index in [0.717, 1.165) is 0 Å². The van der Waals surface area contributed by atoms with Gasteiger partial charge in [-0.3, -0.25) is 0 Å². The number of aryl methyl sites for hydroxylation is 4. The summed E-state index contributed by atoms with van der Waals surface area (Å²) in [5.74, 6) is 0. The van der Waals surface area contributed by atoms with Gasteiger partial charge in [0.25, 0.3) is 0 Å². The van der Waals surface area contributed by atoms with Gasteiger partial charge in [-0.05, 0) is 165 Å².